The molecule has 0 amide bonds. The van der Waals surface area contributed by atoms with Gasteiger partial charge in [0.05, 0.1) is 4.90 Å². The van der Waals surface area contributed by atoms with Gasteiger partial charge in [0, 0.05) is 31.4 Å². The van der Waals surface area contributed by atoms with Gasteiger partial charge in [-0.1, -0.05) is 6.07 Å². The number of piperidine rings is 1. The molecule has 3 N–H and O–H groups in total. The first kappa shape index (κ1) is 17.9. The van der Waals surface area contributed by atoms with Gasteiger partial charge in [0.25, 0.3) is 0 Å². The second kappa shape index (κ2) is 7.26. The van der Waals surface area contributed by atoms with Crippen LogP contribution in [0.4, 0.5) is 5.69 Å². The molecule has 0 saturated carbocycles. The third-order valence-electron chi connectivity index (χ3n) is 4.88. The van der Waals surface area contributed by atoms with Crippen LogP contribution in [0.1, 0.15) is 18.4 Å². The van der Waals surface area contributed by atoms with Crippen molar-refractivity contribution < 1.29 is 13.0 Å². The number of nitrogen functional groups attached to an aromatic ring is 1. The minimum Gasteiger partial charge on any atom is -0.399 e. The fourth-order valence-corrected chi connectivity index (χ4v) is 4.76. The lowest BCUT2D eigenvalue weighted by Crippen LogP contribution is -2.44. The van der Waals surface area contributed by atoms with Crippen molar-refractivity contribution in [3.63, 3.8) is 0 Å². The standard InChI is InChI=1S/C18H21N5O3S/c19-14-2-4-16(5-3-14)27(24,25)23-9-7-15(8-10-23)20-12-13-1-6-17-18(11-13)22-26-21-17/h1-6,11,15,20H,7-10,12,19H2. The van der Waals surface area contributed by atoms with E-state index in [1.54, 1.807) is 28.6 Å². The Labute approximate surface area is 157 Å². The summed E-state index contributed by atoms with van der Waals surface area (Å²) in [5, 5.41) is 11.1. The SMILES string of the molecule is Nc1ccc(S(=O)(=O)N2CCC(NCc3ccc4nonc4c3)CC2)cc1. The molecule has 4 rings (SSSR count). The smallest absolute Gasteiger partial charge is 0.243 e. The zero-order valence-electron chi connectivity index (χ0n) is 14.7. The molecule has 1 aliphatic rings. The zero-order chi connectivity index (χ0) is 18.9. The molecule has 2 heterocycles. The van der Waals surface area contributed by atoms with E-state index < -0.39 is 10.0 Å². The Morgan fingerprint density at radius 2 is 1.78 bits per heavy atom. The number of fused-ring (bicyclic) bond motifs is 1. The summed E-state index contributed by atoms with van der Waals surface area (Å²) < 4.78 is 31.7. The number of nitrogens with zero attached hydrogens (tertiary/aromatic N) is 3. The number of hydrogen-bond donors (Lipinski definition) is 2. The van der Waals surface area contributed by atoms with E-state index in [0.717, 1.165) is 29.4 Å². The topological polar surface area (TPSA) is 114 Å². The largest absolute Gasteiger partial charge is 0.399 e. The first-order valence-corrected chi connectivity index (χ1v) is 10.3. The summed E-state index contributed by atoms with van der Waals surface area (Å²) in [7, 11) is -3.46. The van der Waals surface area contributed by atoms with Crippen LogP contribution in [-0.2, 0) is 16.6 Å². The van der Waals surface area contributed by atoms with E-state index in [2.05, 4.69) is 15.6 Å². The molecule has 9 heteroatoms. The van der Waals surface area contributed by atoms with E-state index >= 15 is 0 Å². The fraction of sp³-hybridized carbons (Fsp3) is 0.333. The molecule has 27 heavy (non-hydrogen) atoms. The Morgan fingerprint density at radius 3 is 2.52 bits per heavy atom. The van der Waals surface area contributed by atoms with Crippen molar-refractivity contribution in [2.45, 2.75) is 30.3 Å². The van der Waals surface area contributed by atoms with Crippen molar-refractivity contribution in [1.82, 2.24) is 19.9 Å². The van der Waals surface area contributed by atoms with Crippen LogP contribution >= 0.6 is 0 Å². The molecule has 8 nitrogen and oxygen atoms in total. The molecule has 0 unspecified atom stereocenters. The number of nitrogens with two attached hydrogens (primary N) is 1. The lowest BCUT2D eigenvalue weighted by Gasteiger charge is -2.31. The van der Waals surface area contributed by atoms with Crippen LogP contribution in [0, 0.1) is 0 Å². The normalized spacial score (nSPS) is 16.7. The Bertz CT molecular complexity index is 1020. The average Bonchev–Trinajstić information content (AvgIpc) is 3.15. The number of benzene rings is 2. The van der Waals surface area contributed by atoms with Crippen molar-refractivity contribution >= 4 is 26.7 Å². The van der Waals surface area contributed by atoms with E-state index in [9.17, 15) is 8.42 Å². The van der Waals surface area contributed by atoms with Crippen molar-refractivity contribution in [2.75, 3.05) is 18.8 Å². The van der Waals surface area contributed by atoms with E-state index in [-0.39, 0.29) is 10.9 Å². The molecule has 1 aliphatic heterocycles. The fourth-order valence-electron chi connectivity index (χ4n) is 3.29. The molecule has 2 aromatic carbocycles. The molecule has 0 radical (unpaired) electrons. The van der Waals surface area contributed by atoms with Gasteiger partial charge >= 0.3 is 0 Å². The van der Waals surface area contributed by atoms with Gasteiger partial charge in [-0.3, -0.25) is 0 Å². The molecule has 1 fully saturated rings. The molecule has 0 spiro atoms. The summed E-state index contributed by atoms with van der Waals surface area (Å²) in [5.41, 5.74) is 8.76. The van der Waals surface area contributed by atoms with Crippen molar-refractivity contribution in [3.05, 3.63) is 48.0 Å². The minimum atomic E-state index is -3.46. The highest BCUT2D eigenvalue weighted by molar-refractivity contribution is 7.89. The average molecular weight is 387 g/mol. The molecule has 3 aromatic rings. The van der Waals surface area contributed by atoms with Crippen molar-refractivity contribution in [1.29, 1.82) is 0 Å². The molecule has 0 bridgehead atoms. The van der Waals surface area contributed by atoms with Crippen molar-refractivity contribution in [3.8, 4) is 0 Å². The number of hydrogen-bond acceptors (Lipinski definition) is 7. The maximum absolute atomic E-state index is 12.7. The number of nitrogens with one attached hydrogen (secondary N) is 1. The third kappa shape index (κ3) is 3.80. The molecule has 0 atom stereocenters. The summed E-state index contributed by atoms with van der Waals surface area (Å²) in [4.78, 5) is 0.289. The van der Waals surface area contributed by atoms with Crippen LogP contribution in [0.15, 0.2) is 52.0 Å². The van der Waals surface area contributed by atoms with Crippen LogP contribution in [0.2, 0.25) is 0 Å². The maximum Gasteiger partial charge on any atom is 0.243 e. The lowest BCUT2D eigenvalue weighted by atomic mass is 10.1. The van der Waals surface area contributed by atoms with Crippen LogP contribution in [0.25, 0.3) is 11.0 Å². The highest BCUT2D eigenvalue weighted by Gasteiger charge is 2.29. The van der Waals surface area contributed by atoms with Gasteiger partial charge in [-0.25, -0.2) is 13.0 Å². The number of rotatable bonds is 5. The molecule has 142 valence electrons. The quantitative estimate of drug-likeness (QED) is 0.641. The molecule has 1 saturated heterocycles. The van der Waals surface area contributed by atoms with Crippen LogP contribution in [0.5, 0.6) is 0 Å². The van der Waals surface area contributed by atoms with Gasteiger partial charge in [0.2, 0.25) is 10.0 Å². The van der Waals surface area contributed by atoms with Crippen LogP contribution in [-0.4, -0.2) is 42.2 Å². The maximum atomic E-state index is 12.7. The summed E-state index contributed by atoms with van der Waals surface area (Å²) in [6, 6.07) is 12.4. The zero-order valence-corrected chi connectivity index (χ0v) is 15.5. The van der Waals surface area contributed by atoms with Gasteiger partial charge in [-0.05, 0) is 65.1 Å². The van der Waals surface area contributed by atoms with Crippen LogP contribution < -0.4 is 11.1 Å². The number of aromatic nitrogens is 2. The Hall–Kier alpha value is -2.49. The van der Waals surface area contributed by atoms with Gasteiger partial charge < -0.3 is 11.1 Å². The van der Waals surface area contributed by atoms with E-state index in [1.165, 1.54) is 0 Å². The second-order valence-electron chi connectivity index (χ2n) is 6.72. The molecular weight excluding hydrogens is 366 g/mol. The monoisotopic (exact) mass is 387 g/mol. The first-order chi connectivity index (χ1) is 13.0. The Balaban J connectivity index is 1.33. The van der Waals surface area contributed by atoms with Gasteiger partial charge in [-0.15, -0.1) is 0 Å². The number of sulfonamides is 1. The highest BCUT2D eigenvalue weighted by atomic mass is 32.2. The number of anilines is 1. The molecule has 0 aliphatic carbocycles. The first-order valence-electron chi connectivity index (χ1n) is 8.83. The Morgan fingerprint density at radius 1 is 1.07 bits per heavy atom. The predicted octanol–water partition coefficient (Wildman–Crippen LogP) is 1.75. The van der Waals surface area contributed by atoms with Gasteiger partial charge in [0.1, 0.15) is 11.0 Å². The van der Waals surface area contributed by atoms with Gasteiger partial charge in [0.15, 0.2) is 0 Å². The summed E-state index contributed by atoms with van der Waals surface area (Å²) in [5.74, 6) is 0. The second-order valence-corrected chi connectivity index (χ2v) is 8.65. The molecular formula is C18H21N5O3S. The van der Waals surface area contributed by atoms with Gasteiger partial charge in [-0.2, -0.15) is 4.31 Å². The van der Waals surface area contributed by atoms with E-state index in [1.807, 2.05) is 18.2 Å². The highest BCUT2D eigenvalue weighted by Crippen LogP contribution is 2.22. The van der Waals surface area contributed by atoms with Crippen LogP contribution in [0.3, 0.4) is 0 Å². The third-order valence-corrected chi connectivity index (χ3v) is 6.80. The molecule has 1 aromatic heterocycles. The summed E-state index contributed by atoms with van der Waals surface area (Å²) in [6.07, 6.45) is 1.53. The Kier molecular flexibility index (Phi) is 4.81. The summed E-state index contributed by atoms with van der Waals surface area (Å²) in [6.45, 7) is 1.69. The summed E-state index contributed by atoms with van der Waals surface area (Å²) >= 11 is 0. The van der Waals surface area contributed by atoms with E-state index in [0.29, 0.717) is 25.3 Å². The van der Waals surface area contributed by atoms with E-state index in [4.69, 9.17) is 10.4 Å². The lowest BCUT2D eigenvalue weighted by molar-refractivity contribution is 0.288. The minimum absolute atomic E-state index is 0.272. The van der Waals surface area contributed by atoms with Crippen molar-refractivity contribution in [2.24, 2.45) is 0 Å². The predicted molar refractivity (Wildman–Crippen MR) is 101 cm³/mol.